The molecule has 0 saturated carbocycles. The summed E-state index contributed by atoms with van der Waals surface area (Å²) in [6.07, 6.45) is 1.59. The number of hydrogen-bond acceptors (Lipinski definition) is 5. The number of rotatable bonds is 3. The Labute approximate surface area is 189 Å². The lowest BCUT2D eigenvalue weighted by Crippen LogP contribution is -2.49. The maximum atomic E-state index is 13.5. The third-order valence-electron chi connectivity index (χ3n) is 6.01. The van der Waals surface area contributed by atoms with Gasteiger partial charge in [-0.05, 0) is 70.7 Å². The lowest BCUT2D eigenvalue weighted by Gasteiger charge is -2.36. The predicted octanol–water partition coefficient (Wildman–Crippen LogP) is 3.40. The van der Waals surface area contributed by atoms with Crippen molar-refractivity contribution in [2.24, 2.45) is 0 Å². The number of sulfonamides is 1. The zero-order valence-corrected chi connectivity index (χ0v) is 20.9. The fraction of sp³-hybridized carbons (Fsp3) is 0.545. The van der Waals surface area contributed by atoms with Crippen molar-refractivity contribution >= 4 is 27.3 Å². The van der Waals surface area contributed by atoms with Crippen LogP contribution in [-0.4, -0.2) is 48.7 Å². The Balaban J connectivity index is 1.87. The molecule has 0 aliphatic carbocycles. The quantitative estimate of drug-likeness (QED) is 0.693. The molecule has 170 valence electrons. The van der Waals surface area contributed by atoms with Gasteiger partial charge >= 0.3 is 0 Å². The monoisotopic (exact) mass is 466 g/mol. The smallest absolute Gasteiger partial charge is 0.288 e. The average Bonchev–Trinajstić information content (AvgIpc) is 2.67. The number of hydrogen-bond donors (Lipinski definition) is 0. The summed E-state index contributed by atoms with van der Waals surface area (Å²) >= 11 is 6.39. The highest BCUT2D eigenvalue weighted by Gasteiger charge is 2.33. The van der Waals surface area contributed by atoms with Crippen LogP contribution < -0.4 is 10.5 Å². The van der Waals surface area contributed by atoms with Crippen LogP contribution in [-0.2, 0) is 15.6 Å². The lowest BCUT2D eigenvalue weighted by atomic mass is 10.0. The molecular weight excluding hydrogens is 436 g/mol. The number of halogens is 1. The molecule has 2 aromatic rings. The summed E-state index contributed by atoms with van der Waals surface area (Å²) in [5.74, 6) is 0. The second-order valence-corrected chi connectivity index (χ2v) is 11.5. The number of aromatic nitrogens is 2. The fourth-order valence-electron chi connectivity index (χ4n) is 3.99. The lowest BCUT2D eigenvalue weighted by molar-refractivity contribution is 0.337. The van der Waals surface area contributed by atoms with Crippen molar-refractivity contribution in [3.05, 3.63) is 49.9 Å². The van der Waals surface area contributed by atoms with Gasteiger partial charge in [-0.15, -0.1) is 0 Å². The van der Waals surface area contributed by atoms with Crippen LogP contribution in [0.1, 0.15) is 43.0 Å². The molecule has 1 saturated heterocycles. The van der Waals surface area contributed by atoms with E-state index < -0.39 is 15.6 Å². The van der Waals surface area contributed by atoms with Crippen LogP contribution in [0, 0.1) is 27.7 Å². The second-order valence-electron chi connectivity index (χ2n) is 9.21. The van der Waals surface area contributed by atoms with Gasteiger partial charge in [0.15, 0.2) is 0 Å². The molecule has 1 aromatic carbocycles. The molecule has 7 nitrogen and oxygen atoms in total. The summed E-state index contributed by atoms with van der Waals surface area (Å²) in [6.45, 7) is 14.8. The molecule has 1 aromatic heterocycles. The summed E-state index contributed by atoms with van der Waals surface area (Å²) in [5, 5.41) is 4.40. The summed E-state index contributed by atoms with van der Waals surface area (Å²) in [4.78, 5) is 15.0. The van der Waals surface area contributed by atoms with E-state index in [2.05, 4.69) is 5.10 Å². The van der Waals surface area contributed by atoms with Crippen molar-refractivity contribution in [2.45, 2.75) is 58.9 Å². The number of aryl methyl sites for hydroxylation is 2. The van der Waals surface area contributed by atoms with Gasteiger partial charge in [0.1, 0.15) is 5.02 Å². The Kier molecular flexibility index (Phi) is 6.30. The van der Waals surface area contributed by atoms with E-state index in [0.717, 1.165) is 22.3 Å². The molecule has 1 fully saturated rings. The van der Waals surface area contributed by atoms with Crippen molar-refractivity contribution in [3.8, 4) is 0 Å². The highest BCUT2D eigenvalue weighted by Crippen LogP contribution is 2.30. The summed E-state index contributed by atoms with van der Waals surface area (Å²) in [5.41, 5.74) is 3.25. The van der Waals surface area contributed by atoms with Gasteiger partial charge in [-0.2, -0.15) is 9.40 Å². The highest BCUT2D eigenvalue weighted by atomic mass is 35.5. The molecule has 0 unspecified atom stereocenters. The molecule has 0 spiro atoms. The molecule has 0 atom stereocenters. The molecule has 0 bridgehead atoms. The van der Waals surface area contributed by atoms with Gasteiger partial charge in [-0.1, -0.05) is 17.7 Å². The fourth-order valence-corrected chi connectivity index (χ4v) is 6.23. The molecule has 0 radical (unpaired) electrons. The maximum absolute atomic E-state index is 13.5. The Hall–Kier alpha value is -1.90. The number of anilines is 1. The molecule has 3 rings (SSSR count). The molecule has 2 heterocycles. The van der Waals surface area contributed by atoms with Crippen LogP contribution in [0.3, 0.4) is 0 Å². The third kappa shape index (κ3) is 4.25. The van der Waals surface area contributed by atoms with Crippen LogP contribution in [0.25, 0.3) is 0 Å². The normalized spacial score (nSPS) is 16.1. The Morgan fingerprint density at radius 1 is 0.968 bits per heavy atom. The van der Waals surface area contributed by atoms with Gasteiger partial charge in [-0.3, -0.25) is 4.79 Å². The minimum absolute atomic E-state index is 0.113. The largest absolute Gasteiger partial charge is 0.366 e. The standard InChI is InChI=1S/C22H31ClN4O3S/c1-14-12-15(2)17(4)20(16(14)3)31(29,30)26-10-8-25(9-11-26)18-13-24-27(22(5,6)7)21(28)19(18)23/h12-13H,8-11H2,1-7H3. The zero-order chi connectivity index (χ0) is 23.3. The molecule has 1 aliphatic rings. The minimum atomic E-state index is -3.63. The van der Waals surface area contributed by atoms with Crippen LogP contribution in [0.15, 0.2) is 22.0 Å². The molecular formula is C22H31ClN4O3S. The number of piperazine rings is 1. The molecule has 0 amide bonds. The Bertz CT molecular complexity index is 1150. The summed E-state index contributed by atoms with van der Waals surface area (Å²) in [7, 11) is -3.63. The predicted molar refractivity (Wildman–Crippen MR) is 125 cm³/mol. The van der Waals surface area contributed by atoms with E-state index in [4.69, 9.17) is 11.6 Å². The first-order valence-corrected chi connectivity index (χ1v) is 12.2. The van der Waals surface area contributed by atoms with Gasteiger partial charge in [0.05, 0.1) is 22.3 Å². The van der Waals surface area contributed by atoms with Crippen LogP contribution in [0.2, 0.25) is 5.02 Å². The maximum Gasteiger partial charge on any atom is 0.288 e. The molecule has 9 heteroatoms. The van der Waals surface area contributed by atoms with E-state index >= 15 is 0 Å². The van der Waals surface area contributed by atoms with Crippen LogP contribution in [0.4, 0.5) is 5.69 Å². The van der Waals surface area contributed by atoms with Gasteiger partial charge < -0.3 is 4.90 Å². The average molecular weight is 467 g/mol. The van der Waals surface area contributed by atoms with Crippen molar-refractivity contribution in [1.29, 1.82) is 0 Å². The van der Waals surface area contributed by atoms with Crippen molar-refractivity contribution in [3.63, 3.8) is 0 Å². The van der Waals surface area contributed by atoms with E-state index in [0.29, 0.717) is 36.8 Å². The highest BCUT2D eigenvalue weighted by molar-refractivity contribution is 7.89. The van der Waals surface area contributed by atoms with Crippen molar-refractivity contribution < 1.29 is 8.42 Å². The summed E-state index contributed by atoms with van der Waals surface area (Å²) in [6, 6.07) is 2.02. The first-order chi connectivity index (χ1) is 14.3. The van der Waals surface area contributed by atoms with E-state index in [1.54, 1.807) is 6.20 Å². The molecule has 31 heavy (non-hydrogen) atoms. The van der Waals surface area contributed by atoms with Gasteiger partial charge in [0.25, 0.3) is 5.56 Å². The minimum Gasteiger partial charge on any atom is -0.366 e. The topological polar surface area (TPSA) is 75.5 Å². The van der Waals surface area contributed by atoms with Crippen molar-refractivity contribution in [1.82, 2.24) is 14.1 Å². The van der Waals surface area contributed by atoms with E-state index in [9.17, 15) is 13.2 Å². The van der Waals surface area contributed by atoms with E-state index in [-0.39, 0.29) is 10.6 Å². The zero-order valence-electron chi connectivity index (χ0n) is 19.3. The molecule has 1 aliphatic heterocycles. The van der Waals surface area contributed by atoms with E-state index in [1.807, 2.05) is 59.4 Å². The second kappa shape index (κ2) is 8.22. The van der Waals surface area contributed by atoms with E-state index in [1.165, 1.54) is 8.99 Å². The van der Waals surface area contributed by atoms with Crippen molar-refractivity contribution in [2.75, 3.05) is 31.1 Å². The molecule has 0 N–H and O–H groups in total. The summed E-state index contributed by atoms with van der Waals surface area (Å²) < 4.78 is 29.8. The Morgan fingerprint density at radius 3 is 1.97 bits per heavy atom. The Morgan fingerprint density at radius 2 is 1.48 bits per heavy atom. The van der Waals surface area contributed by atoms with Crippen LogP contribution >= 0.6 is 11.6 Å². The SMILES string of the molecule is Cc1cc(C)c(C)c(S(=O)(=O)N2CCN(c3cnn(C(C)(C)C)c(=O)c3Cl)CC2)c1C. The first kappa shape index (κ1) is 23.8. The number of nitrogens with zero attached hydrogens (tertiary/aromatic N) is 4. The van der Waals surface area contributed by atoms with Crippen LogP contribution in [0.5, 0.6) is 0 Å². The van der Waals surface area contributed by atoms with Gasteiger partial charge in [-0.25, -0.2) is 13.1 Å². The first-order valence-electron chi connectivity index (χ1n) is 10.4. The van der Waals surface area contributed by atoms with Gasteiger partial charge in [0, 0.05) is 26.2 Å². The third-order valence-corrected chi connectivity index (χ3v) is 8.54. The van der Waals surface area contributed by atoms with Gasteiger partial charge in [0.2, 0.25) is 10.0 Å². The number of benzene rings is 1.